The Labute approximate surface area is 99.3 Å². The minimum absolute atomic E-state index is 0.756. The lowest BCUT2D eigenvalue weighted by atomic mass is 10.2. The van der Waals surface area contributed by atoms with Crippen LogP contribution in [0.25, 0.3) is 11.2 Å². The molecule has 4 nitrogen and oxygen atoms in total. The van der Waals surface area contributed by atoms with Crippen LogP contribution in [0.5, 0.6) is 0 Å². The van der Waals surface area contributed by atoms with Crippen molar-refractivity contribution in [3.8, 4) is 0 Å². The van der Waals surface area contributed by atoms with Gasteiger partial charge in [-0.1, -0.05) is 26.2 Å². The van der Waals surface area contributed by atoms with Crippen molar-refractivity contribution >= 4 is 22.9 Å². The second-order valence-corrected chi connectivity index (χ2v) is 4.77. The standard InChI is InChI=1S/C11H16N4S/c1-2-3-4-5-6-16-11-9-10(13-7-12-9)14-8-15-11/h7-8H,2-6H2,1H3,(H,12,13,14,15). The monoisotopic (exact) mass is 236 g/mol. The lowest BCUT2D eigenvalue weighted by Crippen LogP contribution is -1.88. The third-order valence-corrected chi connectivity index (χ3v) is 3.50. The largest absolute Gasteiger partial charge is 0.341 e. The molecular formula is C11H16N4S. The Morgan fingerprint density at radius 1 is 1.19 bits per heavy atom. The average Bonchev–Trinajstić information content (AvgIpc) is 2.77. The number of fused-ring (bicyclic) bond motifs is 1. The van der Waals surface area contributed by atoms with Crippen molar-refractivity contribution in [2.24, 2.45) is 0 Å². The number of thioether (sulfide) groups is 1. The Kier molecular flexibility index (Phi) is 4.16. The van der Waals surface area contributed by atoms with E-state index in [4.69, 9.17) is 0 Å². The second-order valence-electron chi connectivity index (χ2n) is 3.69. The number of H-pyrrole nitrogens is 1. The van der Waals surface area contributed by atoms with E-state index in [1.54, 1.807) is 24.4 Å². The molecule has 0 spiro atoms. The van der Waals surface area contributed by atoms with E-state index in [9.17, 15) is 0 Å². The van der Waals surface area contributed by atoms with Gasteiger partial charge in [-0.2, -0.15) is 0 Å². The van der Waals surface area contributed by atoms with Crippen LogP contribution in [0.15, 0.2) is 17.7 Å². The maximum atomic E-state index is 4.28. The van der Waals surface area contributed by atoms with Crippen molar-refractivity contribution in [2.45, 2.75) is 37.6 Å². The number of hydrogen-bond acceptors (Lipinski definition) is 4. The highest BCUT2D eigenvalue weighted by molar-refractivity contribution is 7.99. The topological polar surface area (TPSA) is 54.5 Å². The lowest BCUT2D eigenvalue weighted by Gasteiger charge is -2.01. The molecule has 2 rings (SSSR count). The Balaban J connectivity index is 1.91. The first-order valence-electron chi connectivity index (χ1n) is 5.68. The molecule has 0 unspecified atom stereocenters. The summed E-state index contributed by atoms with van der Waals surface area (Å²) in [4.78, 5) is 15.6. The van der Waals surface area contributed by atoms with Gasteiger partial charge < -0.3 is 4.98 Å². The normalized spacial score (nSPS) is 11.1. The summed E-state index contributed by atoms with van der Waals surface area (Å²) in [5, 5.41) is 1.01. The Hall–Kier alpha value is -1.10. The molecule has 0 aliphatic carbocycles. The zero-order valence-electron chi connectivity index (χ0n) is 9.44. The molecule has 0 radical (unpaired) electrons. The number of imidazole rings is 1. The van der Waals surface area contributed by atoms with Crippen molar-refractivity contribution in [3.05, 3.63) is 12.7 Å². The van der Waals surface area contributed by atoms with Gasteiger partial charge in [0, 0.05) is 0 Å². The fourth-order valence-electron chi connectivity index (χ4n) is 1.55. The van der Waals surface area contributed by atoms with E-state index in [0.717, 1.165) is 21.9 Å². The highest BCUT2D eigenvalue weighted by Gasteiger charge is 2.05. The Morgan fingerprint density at radius 2 is 2.12 bits per heavy atom. The summed E-state index contributed by atoms with van der Waals surface area (Å²) in [6.07, 6.45) is 8.41. The molecule has 0 saturated carbocycles. The van der Waals surface area contributed by atoms with E-state index >= 15 is 0 Å². The summed E-state index contributed by atoms with van der Waals surface area (Å²) in [5.41, 5.74) is 1.72. The van der Waals surface area contributed by atoms with Gasteiger partial charge >= 0.3 is 0 Å². The summed E-state index contributed by atoms with van der Waals surface area (Å²) >= 11 is 1.78. The van der Waals surface area contributed by atoms with Gasteiger partial charge in [0.1, 0.15) is 16.9 Å². The summed E-state index contributed by atoms with van der Waals surface area (Å²) < 4.78 is 0. The van der Waals surface area contributed by atoms with Crippen molar-refractivity contribution in [1.29, 1.82) is 0 Å². The predicted molar refractivity (Wildman–Crippen MR) is 66.5 cm³/mol. The average molecular weight is 236 g/mol. The van der Waals surface area contributed by atoms with E-state index in [2.05, 4.69) is 26.9 Å². The van der Waals surface area contributed by atoms with Gasteiger partial charge in [-0.25, -0.2) is 15.0 Å². The van der Waals surface area contributed by atoms with Crippen molar-refractivity contribution in [3.63, 3.8) is 0 Å². The molecule has 2 aromatic heterocycles. The van der Waals surface area contributed by atoms with Gasteiger partial charge in [-0.15, -0.1) is 11.8 Å². The van der Waals surface area contributed by atoms with E-state index in [1.165, 1.54) is 25.7 Å². The number of nitrogens with one attached hydrogen (secondary N) is 1. The number of rotatable bonds is 6. The first kappa shape index (κ1) is 11.4. The predicted octanol–water partition coefficient (Wildman–Crippen LogP) is 3.03. The number of nitrogens with zero attached hydrogens (tertiary/aromatic N) is 3. The Morgan fingerprint density at radius 3 is 3.00 bits per heavy atom. The molecule has 0 atom stereocenters. The highest BCUT2D eigenvalue weighted by atomic mass is 32.2. The summed E-state index contributed by atoms with van der Waals surface area (Å²) in [6.45, 7) is 2.23. The van der Waals surface area contributed by atoms with E-state index in [0.29, 0.717) is 0 Å². The fraction of sp³-hybridized carbons (Fsp3) is 0.545. The van der Waals surface area contributed by atoms with Gasteiger partial charge in [0.2, 0.25) is 0 Å². The molecular weight excluding hydrogens is 220 g/mol. The molecule has 0 aliphatic heterocycles. The van der Waals surface area contributed by atoms with Crippen LogP contribution in [-0.2, 0) is 0 Å². The van der Waals surface area contributed by atoms with Crippen molar-refractivity contribution in [2.75, 3.05) is 5.75 Å². The Bertz CT molecular complexity index is 440. The first-order chi connectivity index (χ1) is 7.92. The van der Waals surface area contributed by atoms with Crippen LogP contribution in [0.3, 0.4) is 0 Å². The quantitative estimate of drug-likeness (QED) is 0.476. The molecule has 0 saturated heterocycles. The molecule has 0 fully saturated rings. The second kappa shape index (κ2) is 5.84. The molecule has 2 heterocycles. The van der Waals surface area contributed by atoms with Gasteiger partial charge in [0.15, 0.2) is 5.65 Å². The third kappa shape index (κ3) is 2.72. The number of aromatic amines is 1. The SMILES string of the molecule is CCCCCCSc1ncnc2nc[nH]c12. The maximum Gasteiger partial charge on any atom is 0.181 e. The van der Waals surface area contributed by atoms with Gasteiger partial charge in [0.25, 0.3) is 0 Å². The van der Waals surface area contributed by atoms with Gasteiger partial charge in [0.05, 0.1) is 6.33 Å². The first-order valence-corrected chi connectivity index (χ1v) is 6.67. The van der Waals surface area contributed by atoms with Crippen LogP contribution in [0.2, 0.25) is 0 Å². The van der Waals surface area contributed by atoms with Crippen LogP contribution >= 0.6 is 11.8 Å². The lowest BCUT2D eigenvalue weighted by molar-refractivity contribution is 0.706. The van der Waals surface area contributed by atoms with Crippen LogP contribution < -0.4 is 0 Å². The summed E-state index contributed by atoms with van der Waals surface area (Å²) in [7, 11) is 0. The number of aromatic nitrogens is 4. The van der Waals surface area contributed by atoms with E-state index < -0.39 is 0 Å². The molecule has 5 heteroatoms. The fourth-order valence-corrected chi connectivity index (χ4v) is 2.51. The van der Waals surface area contributed by atoms with E-state index in [-0.39, 0.29) is 0 Å². The summed E-state index contributed by atoms with van der Waals surface area (Å²) in [5.74, 6) is 1.12. The molecule has 0 aromatic carbocycles. The third-order valence-electron chi connectivity index (χ3n) is 2.42. The molecule has 0 bridgehead atoms. The molecule has 0 aliphatic rings. The number of hydrogen-bond donors (Lipinski definition) is 1. The molecule has 2 aromatic rings. The van der Waals surface area contributed by atoms with Gasteiger partial charge in [-0.05, 0) is 12.2 Å². The molecule has 0 amide bonds. The van der Waals surface area contributed by atoms with Gasteiger partial charge in [-0.3, -0.25) is 0 Å². The minimum atomic E-state index is 0.756. The molecule has 1 N–H and O–H groups in total. The van der Waals surface area contributed by atoms with Crippen molar-refractivity contribution < 1.29 is 0 Å². The summed E-state index contributed by atoms with van der Waals surface area (Å²) in [6, 6.07) is 0. The molecule has 86 valence electrons. The van der Waals surface area contributed by atoms with Crippen LogP contribution in [-0.4, -0.2) is 25.7 Å². The zero-order valence-corrected chi connectivity index (χ0v) is 10.3. The van der Waals surface area contributed by atoms with Crippen LogP contribution in [0, 0.1) is 0 Å². The van der Waals surface area contributed by atoms with Crippen molar-refractivity contribution in [1.82, 2.24) is 19.9 Å². The molecule has 16 heavy (non-hydrogen) atoms. The minimum Gasteiger partial charge on any atom is -0.341 e. The van der Waals surface area contributed by atoms with Crippen LogP contribution in [0.4, 0.5) is 0 Å². The highest BCUT2D eigenvalue weighted by Crippen LogP contribution is 2.22. The van der Waals surface area contributed by atoms with Crippen LogP contribution in [0.1, 0.15) is 32.6 Å². The number of unbranched alkanes of at least 4 members (excludes halogenated alkanes) is 3. The van der Waals surface area contributed by atoms with E-state index in [1.807, 2.05) is 0 Å². The maximum absolute atomic E-state index is 4.28. The smallest absolute Gasteiger partial charge is 0.181 e. The zero-order chi connectivity index (χ0) is 11.2.